The Morgan fingerprint density at radius 2 is 1.50 bits per heavy atom. The van der Waals surface area contributed by atoms with Gasteiger partial charge in [0, 0.05) is 0 Å². The monoisotopic (exact) mass is 414 g/mol. The molecule has 0 heterocycles. The van der Waals surface area contributed by atoms with Gasteiger partial charge in [0.2, 0.25) is 5.91 Å². The smallest absolute Gasteiger partial charge is 0.408 e. The number of Topliss-reactive ketones (excluding diaryl/α,β-unsaturated/α-hetero) is 1. The minimum Gasteiger partial charge on any atom is -0.481 e. The Kier molecular flexibility index (Phi) is 9.01. The second kappa shape index (κ2) is 12.0. The van der Waals surface area contributed by atoms with Crippen LogP contribution in [0.25, 0.3) is 0 Å². The Balaban J connectivity index is 1.78. The zero-order chi connectivity index (χ0) is 21.8. The number of rotatable bonds is 11. The van der Waals surface area contributed by atoms with Crippen molar-refractivity contribution in [1.82, 2.24) is 10.8 Å². The lowest BCUT2D eigenvalue weighted by atomic mass is 10.1. The average Bonchev–Trinajstić information content (AvgIpc) is 2.73. The molecule has 0 bridgehead atoms. The topological polar surface area (TPSA) is 131 Å². The molecule has 9 heteroatoms. The van der Waals surface area contributed by atoms with Crippen molar-refractivity contribution < 1.29 is 33.9 Å². The molecule has 0 aliphatic rings. The number of aliphatic carboxylic acids is 1. The quantitative estimate of drug-likeness (QED) is 0.476. The molecule has 0 unspecified atom stereocenters. The number of hydroxylamine groups is 1. The molecule has 9 nitrogen and oxygen atoms in total. The largest absolute Gasteiger partial charge is 0.481 e. The lowest BCUT2D eigenvalue weighted by Crippen LogP contribution is -2.45. The van der Waals surface area contributed by atoms with E-state index in [4.69, 9.17) is 14.7 Å². The number of carboxylic acid groups (broad SMARTS) is 1. The van der Waals surface area contributed by atoms with Gasteiger partial charge in [-0.2, -0.15) is 0 Å². The predicted octanol–water partition coefficient (Wildman–Crippen LogP) is 1.62. The highest BCUT2D eigenvalue weighted by atomic mass is 16.7. The number of carbonyl (C=O) groups excluding carboxylic acids is 3. The number of carboxylic acids is 1. The zero-order valence-electron chi connectivity index (χ0n) is 16.1. The molecule has 2 amide bonds. The SMILES string of the molecule is O=C(O)C[C@H](NC(=O)OCc1ccccc1)C(=O)CONC(=O)Cc1ccccc1. The van der Waals surface area contributed by atoms with Gasteiger partial charge in [0.25, 0.3) is 0 Å². The Hall–Kier alpha value is -3.72. The number of ether oxygens (including phenoxy) is 1. The number of nitrogens with one attached hydrogen (secondary N) is 2. The zero-order valence-corrected chi connectivity index (χ0v) is 16.1. The van der Waals surface area contributed by atoms with E-state index in [1.165, 1.54) is 0 Å². The summed E-state index contributed by atoms with van der Waals surface area (Å²) < 4.78 is 4.99. The van der Waals surface area contributed by atoms with Crippen LogP contribution in [0.3, 0.4) is 0 Å². The van der Waals surface area contributed by atoms with E-state index in [-0.39, 0.29) is 13.0 Å². The number of alkyl carbamates (subject to hydrolysis) is 1. The molecule has 0 aliphatic carbocycles. The van der Waals surface area contributed by atoms with E-state index in [0.717, 1.165) is 11.1 Å². The second-order valence-corrected chi connectivity index (χ2v) is 6.30. The lowest BCUT2D eigenvalue weighted by Gasteiger charge is -2.16. The molecule has 2 aromatic carbocycles. The van der Waals surface area contributed by atoms with E-state index in [2.05, 4.69) is 10.8 Å². The molecule has 30 heavy (non-hydrogen) atoms. The molecule has 0 fully saturated rings. The van der Waals surface area contributed by atoms with E-state index in [0.29, 0.717) is 0 Å². The fourth-order valence-corrected chi connectivity index (χ4v) is 2.43. The van der Waals surface area contributed by atoms with Crippen molar-refractivity contribution in [3.8, 4) is 0 Å². The van der Waals surface area contributed by atoms with Crippen molar-refractivity contribution >= 4 is 23.8 Å². The highest BCUT2D eigenvalue weighted by Crippen LogP contribution is 2.03. The van der Waals surface area contributed by atoms with Crippen LogP contribution in [0, 0.1) is 0 Å². The predicted molar refractivity (Wildman–Crippen MR) is 105 cm³/mol. The third-order valence-corrected chi connectivity index (χ3v) is 3.88. The molecule has 2 aromatic rings. The minimum absolute atomic E-state index is 0.0350. The Bertz CT molecular complexity index is 856. The molecule has 158 valence electrons. The molecule has 0 aromatic heterocycles. The summed E-state index contributed by atoms with van der Waals surface area (Å²) in [5.41, 5.74) is 3.61. The summed E-state index contributed by atoms with van der Waals surface area (Å²) in [6, 6.07) is 16.4. The van der Waals surface area contributed by atoms with Crippen molar-refractivity contribution in [3.05, 3.63) is 71.8 Å². The molecule has 0 aliphatic heterocycles. The standard InChI is InChI=1S/C21H22N2O7/c24-18(14-30-23-19(25)11-15-7-3-1-4-8-15)17(12-20(26)27)22-21(28)29-13-16-9-5-2-6-10-16/h1-10,17H,11-14H2,(H,22,28)(H,23,25)(H,26,27)/t17-/m0/s1. The minimum atomic E-state index is -1.36. The molecular formula is C21H22N2O7. The van der Waals surface area contributed by atoms with Crippen LogP contribution in [0.15, 0.2) is 60.7 Å². The number of ketones is 1. The highest BCUT2D eigenvalue weighted by molar-refractivity contribution is 5.91. The van der Waals surface area contributed by atoms with Crippen molar-refractivity contribution in [2.45, 2.75) is 25.5 Å². The molecule has 0 saturated carbocycles. The first-order chi connectivity index (χ1) is 14.4. The van der Waals surface area contributed by atoms with Crippen molar-refractivity contribution in [2.75, 3.05) is 6.61 Å². The van der Waals surface area contributed by atoms with Crippen molar-refractivity contribution in [3.63, 3.8) is 0 Å². The molecular weight excluding hydrogens is 392 g/mol. The van der Waals surface area contributed by atoms with Gasteiger partial charge in [-0.25, -0.2) is 10.3 Å². The fourth-order valence-electron chi connectivity index (χ4n) is 2.43. The fraction of sp³-hybridized carbons (Fsp3) is 0.238. The first kappa shape index (κ1) is 22.6. The van der Waals surface area contributed by atoms with E-state index in [1.54, 1.807) is 48.5 Å². The number of carbonyl (C=O) groups is 4. The van der Waals surface area contributed by atoms with E-state index in [1.807, 2.05) is 12.1 Å². The molecule has 1 atom stereocenters. The van der Waals surface area contributed by atoms with Crippen LogP contribution in [0.5, 0.6) is 0 Å². The Morgan fingerprint density at radius 3 is 2.10 bits per heavy atom. The van der Waals surface area contributed by atoms with Gasteiger partial charge < -0.3 is 15.2 Å². The second-order valence-electron chi connectivity index (χ2n) is 6.30. The summed E-state index contributed by atoms with van der Waals surface area (Å²) in [6.07, 6.45) is -1.54. The van der Waals surface area contributed by atoms with Crippen LogP contribution in [0.4, 0.5) is 4.79 Å². The average molecular weight is 414 g/mol. The molecule has 0 saturated heterocycles. The van der Waals surface area contributed by atoms with Crippen LogP contribution >= 0.6 is 0 Å². The van der Waals surface area contributed by atoms with Crippen LogP contribution in [0.2, 0.25) is 0 Å². The summed E-state index contributed by atoms with van der Waals surface area (Å²) in [5, 5.41) is 11.2. The summed E-state index contributed by atoms with van der Waals surface area (Å²) in [7, 11) is 0. The summed E-state index contributed by atoms with van der Waals surface area (Å²) in [5.74, 6) is -2.49. The van der Waals surface area contributed by atoms with Crippen molar-refractivity contribution in [2.24, 2.45) is 0 Å². The van der Waals surface area contributed by atoms with Gasteiger partial charge in [0.1, 0.15) is 19.3 Å². The van der Waals surface area contributed by atoms with E-state index >= 15 is 0 Å². The highest BCUT2D eigenvalue weighted by Gasteiger charge is 2.24. The van der Waals surface area contributed by atoms with Gasteiger partial charge >= 0.3 is 12.1 Å². The number of hydrogen-bond donors (Lipinski definition) is 3. The Morgan fingerprint density at radius 1 is 0.900 bits per heavy atom. The maximum atomic E-state index is 12.2. The van der Waals surface area contributed by atoms with Crippen LogP contribution < -0.4 is 10.8 Å². The Labute approximate surface area is 172 Å². The van der Waals surface area contributed by atoms with E-state index in [9.17, 15) is 19.2 Å². The van der Waals surface area contributed by atoms with Gasteiger partial charge in [-0.15, -0.1) is 0 Å². The normalized spacial score (nSPS) is 11.2. The molecule has 3 N–H and O–H groups in total. The third kappa shape index (κ3) is 8.53. The maximum absolute atomic E-state index is 12.2. The number of hydrogen-bond acceptors (Lipinski definition) is 6. The van der Waals surface area contributed by atoms with Crippen LogP contribution in [-0.2, 0) is 37.0 Å². The molecule has 0 spiro atoms. The van der Waals surface area contributed by atoms with Crippen LogP contribution in [-0.4, -0.2) is 41.5 Å². The molecule has 0 radical (unpaired) electrons. The maximum Gasteiger partial charge on any atom is 0.408 e. The van der Waals surface area contributed by atoms with Crippen molar-refractivity contribution in [1.29, 1.82) is 0 Å². The summed E-state index contributed by atoms with van der Waals surface area (Å²) in [6.45, 7) is -0.649. The number of benzene rings is 2. The van der Waals surface area contributed by atoms with Gasteiger partial charge in [-0.1, -0.05) is 60.7 Å². The van der Waals surface area contributed by atoms with Crippen LogP contribution in [0.1, 0.15) is 17.5 Å². The summed E-state index contributed by atoms with van der Waals surface area (Å²) in [4.78, 5) is 51.8. The molecule has 2 rings (SSSR count). The lowest BCUT2D eigenvalue weighted by molar-refractivity contribution is -0.143. The van der Waals surface area contributed by atoms with Gasteiger partial charge in [-0.3, -0.25) is 19.2 Å². The summed E-state index contributed by atoms with van der Waals surface area (Å²) >= 11 is 0. The van der Waals surface area contributed by atoms with Gasteiger partial charge in [0.15, 0.2) is 5.78 Å². The first-order valence-corrected chi connectivity index (χ1v) is 9.10. The van der Waals surface area contributed by atoms with Gasteiger partial charge in [0.05, 0.1) is 12.8 Å². The van der Waals surface area contributed by atoms with Gasteiger partial charge in [-0.05, 0) is 11.1 Å². The van der Waals surface area contributed by atoms with E-state index < -0.39 is 42.8 Å². The number of amides is 2. The first-order valence-electron chi connectivity index (χ1n) is 9.10. The third-order valence-electron chi connectivity index (χ3n) is 3.88.